The molecule has 0 N–H and O–H groups in total. The van der Waals surface area contributed by atoms with Crippen LogP contribution in [0.5, 0.6) is 0 Å². The van der Waals surface area contributed by atoms with E-state index in [9.17, 15) is 4.79 Å². The fourth-order valence-electron chi connectivity index (χ4n) is 1.96. The molecule has 0 spiro atoms. The van der Waals surface area contributed by atoms with Crippen molar-refractivity contribution in [3.63, 3.8) is 0 Å². The molecule has 0 atom stereocenters. The van der Waals surface area contributed by atoms with E-state index in [1.165, 1.54) is 6.33 Å². The summed E-state index contributed by atoms with van der Waals surface area (Å²) in [4.78, 5) is 19.7. The van der Waals surface area contributed by atoms with Crippen LogP contribution in [0.25, 0.3) is 16.7 Å². The quantitative estimate of drug-likeness (QED) is 0.549. The fourth-order valence-corrected chi connectivity index (χ4v) is 2.13. The van der Waals surface area contributed by atoms with Crippen molar-refractivity contribution < 1.29 is 9.53 Å². The number of halogens is 1. The van der Waals surface area contributed by atoms with E-state index >= 15 is 0 Å². The molecule has 2 heterocycles. The highest BCUT2D eigenvalue weighted by Crippen LogP contribution is 2.21. The number of nitrogens with zero attached hydrogens (tertiary/aromatic N) is 4. The van der Waals surface area contributed by atoms with E-state index < -0.39 is 0 Å². The summed E-state index contributed by atoms with van der Waals surface area (Å²) in [6.45, 7) is 2.12. The summed E-state index contributed by atoms with van der Waals surface area (Å²) in [5, 5.41) is 5.28. The number of hydrogen-bond acceptors (Lipinski definition) is 5. The Morgan fingerprint density at radius 1 is 1.29 bits per heavy atom. The second kappa shape index (κ2) is 5.49. The van der Waals surface area contributed by atoms with Crippen LogP contribution in [0.2, 0.25) is 5.15 Å². The van der Waals surface area contributed by atoms with Crippen molar-refractivity contribution in [3.8, 4) is 5.69 Å². The Balaban J connectivity index is 2.00. The molecule has 1 aromatic carbocycles. The molecule has 0 unspecified atom stereocenters. The van der Waals surface area contributed by atoms with Gasteiger partial charge in [0.05, 0.1) is 29.4 Å². The molecule has 0 amide bonds. The smallest absolute Gasteiger partial charge is 0.338 e. The summed E-state index contributed by atoms with van der Waals surface area (Å²) >= 11 is 5.99. The molecule has 6 nitrogen and oxygen atoms in total. The lowest BCUT2D eigenvalue weighted by atomic mass is 10.2. The van der Waals surface area contributed by atoms with Crippen LogP contribution >= 0.6 is 11.6 Å². The average molecular weight is 303 g/mol. The minimum atomic E-state index is -0.347. The van der Waals surface area contributed by atoms with Gasteiger partial charge in [0.25, 0.3) is 0 Å². The van der Waals surface area contributed by atoms with E-state index in [4.69, 9.17) is 16.3 Å². The van der Waals surface area contributed by atoms with Crippen LogP contribution in [-0.4, -0.2) is 32.3 Å². The summed E-state index contributed by atoms with van der Waals surface area (Å²) in [7, 11) is 0. The molecule has 0 aliphatic heterocycles. The lowest BCUT2D eigenvalue weighted by molar-refractivity contribution is 0.0526. The maximum Gasteiger partial charge on any atom is 0.338 e. The van der Waals surface area contributed by atoms with Gasteiger partial charge in [0.1, 0.15) is 11.5 Å². The molecule has 2 aromatic heterocycles. The van der Waals surface area contributed by atoms with Crippen LogP contribution in [0.15, 0.2) is 36.8 Å². The molecule has 3 aromatic rings. The van der Waals surface area contributed by atoms with Crippen molar-refractivity contribution in [2.75, 3.05) is 6.61 Å². The molecule has 106 valence electrons. The van der Waals surface area contributed by atoms with Crippen LogP contribution in [0.4, 0.5) is 0 Å². The van der Waals surface area contributed by atoms with Crippen LogP contribution < -0.4 is 0 Å². The summed E-state index contributed by atoms with van der Waals surface area (Å²) in [5.41, 5.74) is 1.87. The van der Waals surface area contributed by atoms with E-state index in [2.05, 4.69) is 15.1 Å². The average Bonchev–Trinajstić information content (AvgIpc) is 2.93. The zero-order chi connectivity index (χ0) is 14.8. The number of esters is 1. The van der Waals surface area contributed by atoms with Crippen molar-refractivity contribution in [3.05, 3.63) is 47.5 Å². The molecule has 0 saturated heterocycles. The summed E-state index contributed by atoms with van der Waals surface area (Å²) in [6, 6.07) is 6.91. The van der Waals surface area contributed by atoms with Crippen molar-refractivity contribution in [1.82, 2.24) is 19.7 Å². The molecule has 0 aliphatic rings. The van der Waals surface area contributed by atoms with Crippen LogP contribution in [-0.2, 0) is 4.74 Å². The third-order valence-electron chi connectivity index (χ3n) is 2.94. The largest absolute Gasteiger partial charge is 0.462 e. The minimum absolute atomic E-state index is 0.347. The first-order chi connectivity index (χ1) is 10.2. The van der Waals surface area contributed by atoms with Gasteiger partial charge in [0.15, 0.2) is 5.65 Å². The SMILES string of the molecule is CCOC(=O)c1ccc(-n2ncc3c(Cl)ncnc32)cc1. The number of carbonyl (C=O) groups excluding carboxylic acids is 1. The highest BCUT2D eigenvalue weighted by atomic mass is 35.5. The summed E-state index contributed by atoms with van der Waals surface area (Å²) in [6.07, 6.45) is 2.99. The fraction of sp³-hybridized carbons (Fsp3) is 0.143. The van der Waals surface area contributed by atoms with Gasteiger partial charge in [0.2, 0.25) is 0 Å². The van der Waals surface area contributed by atoms with E-state index in [0.717, 1.165) is 5.69 Å². The predicted molar refractivity (Wildman–Crippen MR) is 77.6 cm³/mol. The number of aromatic nitrogens is 4. The van der Waals surface area contributed by atoms with Crippen molar-refractivity contribution in [1.29, 1.82) is 0 Å². The summed E-state index contributed by atoms with van der Waals surface area (Å²) in [5.74, 6) is -0.347. The third kappa shape index (κ3) is 2.45. The van der Waals surface area contributed by atoms with Gasteiger partial charge in [0, 0.05) is 0 Å². The normalized spacial score (nSPS) is 10.8. The van der Waals surface area contributed by atoms with E-state index in [0.29, 0.717) is 28.4 Å². The van der Waals surface area contributed by atoms with Gasteiger partial charge in [-0.25, -0.2) is 19.4 Å². The van der Waals surface area contributed by atoms with Crippen LogP contribution in [0.1, 0.15) is 17.3 Å². The molecule has 0 radical (unpaired) electrons. The Kier molecular flexibility index (Phi) is 3.53. The summed E-state index contributed by atoms with van der Waals surface area (Å²) < 4.78 is 6.58. The zero-order valence-corrected chi connectivity index (χ0v) is 11.9. The number of ether oxygens (including phenoxy) is 1. The molecule has 0 fully saturated rings. The molecule has 7 heteroatoms. The molecular formula is C14H11ClN4O2. The Labute approximate surface area is 125 Å². The van der Waals surface area contributed by atoms with Gasteiger partial charge in [-0.05, 0) is 31.2 Å². The highest BCUT2D eigenvalue weighted by Gasteiger charge is 2.11. The standard InChI is InChI=1S/C14H11ClN4O2/c1-2-21-14(20)9-3-5-10(6-4-9)19-13-11(7-18-19)12(15)16-8-17-13/h3-8H,2H2,1H3. The van der Waals surface area contributed by atoms with Gasteiger partial charge in [-0.2, -0.15) is 5.10 Å². The first-order valence-electron chi connectivity index (χ1n) is 6.32. The second-order valence-electron chi connectivity index (χ2n) is 4.23. The molecule has 0 bridgehead atoms. The van der Waals surface area contributed by atoms with Gasteiger partial charge < -0.3 is 4.74 Å². The van der Waals surface area contributed by atoms with E-state index in [1.54, 1.807) is 42.1 Å². The first-order valence-corrected chi connectivity index (χ1v) is 6.70. The Hall–Kier alpha value is -2.47. The van der Waals surface area contributed by atoms with Gasteiger partial charge >= 0.3 is 5.97 Å². The number of rotatable bonds is 3. The number of carbonyl (C=O) groups is 1. The van der Waals surface area contributed by atoms with Crippen LogP contribution in [0, 0.1) is 0 Å². The van der Waals surface area contributed by atoms with Crippen molar-refractivity contribution in [2.45, 2.75) is 6.92 Å². The van der Waals surface area contributed by atoms with Crippen LogP contribution in [0.3, 0.4) is 0 Å². The molecule has 0 aliphatic carbocycles. The zero-order valence-electron chi connectivity index (χ0n) is 11.2. The van der Waals surface area contributed by atoms with Gasteiger partial charge in [-0.15, -0.1) is 0 Å². The lowest BCUT2D eigenvalue weighted by Gasteiger charge is -2.05. The second-order valence-corrected chi connectivity index (χ2v) is 4.58. The first kappa shape index (κ1) is 13.5. The number of hydrogen-bond donors (Lipinski definition) is 0. The Morgan fingerprint density at radius 3 is 2.76 bits per heavy atom. The minimum Gasteiger partial charge on any atom is -0.462 e. The van der Waals surface area contributed by atoms with Crippen molar-refractivity contribution in [2.24, 2.45) is 0 Å². The van der Waals surface area contributed by atoms with Gasteiger partial charge in [-0.3, -0.25) is 0 Å². The maximum absolute atomic E-state index is 11.6. The van der Waals surface area contributed by atoms with Gasteiger partial charge in [-0.1, -0.05) is 11.6 Å². The Morgan fingerprint density at radius 2 is 2.05 bits per heavy atom. The number of fused-ring (bicyclic) bond motifs is 1. The number of benzene rings is 1. The topological polar surface area (TPSA) is 69.9 Å². The van der Waals surface area contributed by atoms with E-state index in [1.807, 2.05) is 0 Å². The molecule has 21 heavy (non-hydrogen) atoms. The maximum atomic E-state index is 11.6. The Bertz CT molecular complexity index is 798. The monoisotopic (exact) mass is 302 g/mol. The molecular weight excluding hydrogens is 292 g/mol. The van der Waals surface area contributed by atoms with Crippen molar-refractivity contribution >= 4 is 28.6 Å². The lowest BCUT2D eigenvalue weighted by Crippen LogP contribution is -2.05. The third-order valence-corrected chi connectivity index (χ3v) is 3.24. The molecule has 0 saturated carbocycles. The molecule has 3 rings (SSSR count). The predicted octanol–water partition coefficient (Wildman–Crippen LogP) is 2.65. The highest BCUT2D eigenvalue weighted by molar-refractivity contribution is 6.33. The van der Waals surface area contributed by atoms with E-state index in [-0.39, 0.29) is 5.97 Å².